The highest BCUT2D eigenvalue weighted by Gasteiger charge is 2.40. The summed E-state index contributed by atoms with van der Waals surface area (Å²) >= 11 is 0. The molecule has 3 aliphatic heterocycles. The highest BCUT2D eigenvalue weighted by molar-refractivity contribution is 5.49. The van der Waals surface area contributed by atoms with Crippen LogP contribution in [-0.4, -0.2) is 69.9 Å². The summed E-state index contributed by atoms with van der Waals surface area (Å²) in [6, 6.07) is 4.47. The molecule has 1 aromatic rings. The standard InChI is InChI=1S/C19H29NO4.C4H9NO/c1-12(2)7-14-11-20-6-5-13-8-18(22-3)19(23-4)9-15(13)16(20)10-17(14)24-21;1-3-6-4-2-5-1/h8-9,12,14,16-17,21H,5-7,10-11H2,1-4H3;5H,1-4H2. The van der Waals surface area contributed by atoms with Crippen molar-refractivity contribution in [3.05, 3.63) is 23.3 Å². The number of hydrogen-bond donors (Lipinski definition) is 2. The molecule has 30 heavy (non-hydrogen) atoms. The van der Waals surface area contributed by atoms with Crippen LogP contribution in [0.15, 0.2) is 12.1 Å². The SMILES string of the molecule is C1COCCN1.COc1cc2c(cc1OC)C1CC(OO)C(CC(C)C)CN1CC2. The largest absolute Gasteiger partial charge is 0.493 e. The van der Waals surface area contributed by atoms with E-state index in [1.54, 1.807) is 14.2 Å². The first-order chi connectivity index (χ1) is 14.6. The molecule has 2 saturated heterocycles. The first-order valence-corrected chi connectivity index (χ1v) is 11.1. The number of benzene rings is 1. The summed E-state index contributed by atoms with van der Waals surface area (Å²) in [7, 11) is 3.34. The Kier molecular flexibility index (Phi) is 8.77. The van der Waals surface area contributed by atoms with Crippen LogP contribution in [0.4, 0.5) is 0 Å². The van der Waals surface area contributed by atoms with Gasteiger partial charge in [-0.2, -0.15) is 0 Å². The van der Waals surface area contributed by atoms with E-state index in [1.807, 2.05) is 0 Å². The number of piperidine rings is 1. The molecule has 4 rings (SSSR count). The maximum atomic E-state index is 9.43. The van der Waals surface area contributed by atoms with Crippen molar-refractivity contribution in [1.29, 1.82) is 0 Å². The van der Waals surface area contributed by atoms with E-state index in [0.717, 1.165) is 70.2 Å². The number of rotatable bonds is 5. The van der Waals surface area contributed by atoms with Crippen molar-refractivity contribution < 1.29 is 24.4 Å². The number of ether oxygens (including phenoxy) is 3. The minimum absolute atomic E-state index is 0.104. The van der Waals surface area contributed by atoms with E-state index >= 15 is 0 Å². The fraction of sp³-hybridized carbons (Fsp3) is 0.739. The number of fused-ring (bicyclic) bond motifs is 3. The summed E-state index contributed by atoms with van der Waals surface area (Å²) < 4.78 is 15.9. The Hall–Kier alpha value is -1.38. The molecule has 1 aromatic carbocycles. The van der Waals surface area contributed by atoms with E-state index in [0.29, 0.717) is 11.8 Å². The maximum Gasteiger partial charge on any atom is 0.161 e. The van der Waals surface area contributed by atoms with E-state index in [1.165, 1.54) is 11.1 Å². The Bertz CT molecular complexity index is 654. The van der Waals surface area contributed by atoms with Gasteiger partial charge in [-0.3, -0.25) is 10.2 Å². The summed E-state index contributed by atoms with van der Waals surface area (Å²) in [6.07, 6.45) is 2.81. The predicted octanol–water partition coefficient (Wildman–Crippen LogP) is 3.13. The average molecular weight is 423 g/mol. The topological polar surface area (TPSA) is 72.4 Å². The number of nitrogens with one attached hydrogen (secondary N) is 1. The molecule has 3 aliphatic rings. The highest BCUT2D eigenvalue weighted by atomic mass is 17.1. The first kappa shape index (κ1) is 23.3. The van der Waals surface area contributed by atoms with Gasteiger partial charge in [0.25, 0.3) is 0 Å². The molecule has 0 spiro atoms. The van der Waals surface area contributed by atoms with Crippen molar-refractivity contribution in [2.75, 3.05) is 53.6 Å². The van der Waals surface area contributed by atoms with Crippen LogP contribution in [0.2, 0.25) is 0 Å². The first-order valence-electron chi connectivity index (χ1n) is 11.1. The molecule has 0 aliphatic carbocycles. The van der Waals surface area contributed by atoms with Crippen LogP contribution >= 0.6 is 0 Å². The van der Waals surface area contributed by atoms with E-state index in [-0.39, 0.29) is 12.1 Å². The van der Waals surface area contributed by atoms with Crippen LogP contribution < -0.4 is 14.8 Å². The normalized spacial score (nSPS) is 26.3. The molecule has 3 heterocycles. The van der Waals surface area contributed by atoms with E-state index in [9.17, 15) is 5.26 Å². The molecule has 2 fully saturated rings. The zero-order chi connectivity index (χ0) is 21.5. The molecule has 7 nitrogen and oxygen atoms in total. The van der Waals surface area contributed by atoms with Crippen molar-refractivity contribution in [3.63, 3.8) is 0 Å². The molecule has 0 aromatic heterocycles. The van der Waals surface area contributed by atoms with Gasteiger partial charge in [0.2, 0.25) is 0 Å². The third kappa shape index (κ3) is 5.65. The lowest BCUT2D eigenvalue weighted by Gasteiger charge is -2.46. The maximum absolute atomic E-state index is 9.43. The smallest absolute Gasteiger partial charge is 0.161 e. The third-order valence-electron chi connectivity index (χ3n) is 6.32. The Labute approximate surface area is 180 Å². The van der Waals surface area contributed by atoms with Crippen molar-refractivity contribution in [2.45, 2.75) is 45.3 Å². The molecule has 0 radical (unpaired) electrons. The Morgan fingerprint density at radius 1 is 1.17 bits per heavy atom. The monoisotopic (exact) mass is 422 g/mol. The molecule has 0 saturated carbocycles. The van der Waals surface area contributed by atoms with Crippen molar-refractivity contribution in [2.24, 2.45) is 11.8 Å². The summed E-state index contributed by atoms with van der Waals surface area (Å²) in [6.45, 7) is 10.3. The van der Waals surface area contributed by atoms with Gasteiger partial charge in [0.1, 0.15) is 0 Å². The lowest BCUT2D eigenvalue weighted by Crippen LogP contribution is -2.48. The van der Waals surface area contributed by atoms with Gasteiger partial charge in [0.15, 0.2) is 11.5 Å². The minimum Gasteiger partial charge on any atom is -0.493 e. The van der Waals surface area contributed by atoms with Gasteiger partial charge in [0, 0.05) is 38.1 Å². The fourth-order valence-corrected chi connectivity index (χ4v) is 4.88. The van der Waals surface area contributed by atoms with Gasteiger partial charge < -0.3 is 19.5 Å². The number of nitrogens with zero attached hydrogens (tertiary/aromatic N) is 1. The molecular weight excluding hydrogens is 384 g/mol. The van der Waals surface area contributed by atoms with Crippen LogP contribution in [0.1, 0.15) is 43.9 Å². The lowest BCUT2D eigenvalue weighted by atomic mass is 9.79. The zero-order valence-electron chi connectivity index (χ0n) is 18.9. The number of hydrogen-bond acceptors (Lipinski definition) is 7. The summed E-state index contributed by atoms with van der Waals surface area (Å²) in [4.78, 5) is 7.43. The zero-order valence-corrected chi connectivity index (χ0v) is 18.9. The van der Waals surface area contributed by atoms with Gasteiger partial charge in [-0.15, -0.1) is 0 Å². The Morgan fingerprint density at radius 3 is 2.40 bits per heavy atom. The van der Waals surface area contributed by atoms with Crippen LogP contribution in [-0.2, 0) is 16.0 Å². The molecule has 0 bridgehead atoms. The van der Waals surface area contributed by atoms with Crippen molar-refractivity contribution in [3.8, 4) is 11.5 Å². The summed E-state index contributed by atoms with van der Waals surface area (Å²) in [5, 5.41) is 12.6. The molecule has 3 atom stereocenters. The average Bonchev–Trinajstić information content (AvgIpc) is 2.78. The highest BCUT2D eigenvalue weighted by Crippen LogP contribution is 2.44. The lowest BCUT2D eigenvalue weighted by molar-refractivity contribution is -0.302. The van der Waals surface area contributed by atoms with Gasteiger partial charge in [-0.1, -0.05) is 13.8 Å². The second-order valence-corrected chi connectivity index (χ2v) is 8.80. The fourth-order valence-electron chi connectivity index (χ4n) is 4.88. The third-order valence-corrected chi connectivity index (χ3v) is 6.32. The van der Waals surface area contributed by atoms with Crippen molar-refractivity contribution in [1.82, 2.24) is 10.2 Å². The van der Waals surface area contributed by atoms with E-state index in [2.05, 4.69) is 36.2 Å². The summed E-state index contributed by atoms with van der Waals surface area (Å²) in [5.74, 6) is 2.54. The van der Waals surface area contributed by atoms with Gasteiger partial charge in [0.05, 0.1) is 33.5 Å². The predicted molar refractivity (Wildman–Crippen MR) is 116 cm³/mol. The molecule has 170 valence electrons. The van der Waals surface area contributed by atoms with Crippen LogP contribution in [0, 0.1) is 11.8 Å². The Morgan fingerprint density at radius 2 is 1.87 bits per heavy atom. The molecule has 2 N–H and O–H groups in total. The van der Waals surface area contributed by atoms with Crippen molar-refractivity contribution >= 4 is 0 Å². The number of methoxy groups -OCH3 is 2. The molecule has 0 amide bonds. The van der Waals surface area contributed by atoms with Gasteiger partial charge >= 0.3 is 0 Å². The van der Waals surface area contributed by atoms with Crippen LogP contribution in [0.25, 0.3) is 0 Å². The summed E-state index contributed by atoms with van der Waals surface area (Å²) in [5.41, 5.74) is 2.59. The Balaban J connectivity index is 0.000000367. The van der Waals surface area contributed by atoms with E-state index in [4.69, 9.17) is 19.1 Å². The molecule has 7 heteroatoms. The van der Waals surface area contributed by atoms with Crippen LogP contribution in [0.3, 0.4) is 0 Å². The molecular formula is C23H38N2O5. The quantitative estimate of drug-likeness (QED) is 0.558. The number of morpholine rings is 1. The van der Waals surface area contributed by atoms with Gasteiger partial charge in [-0.25, -0.2) is 4.89 Å². The molecule has 3 unspecified atom stereocenters. The van der Waals surface area contributed by atoms with E-state index < -0.39 is 0 Å². The van der Waals surface area contributed by atoms with Gasteiger partial charge in [-0.05, 0) is 48.4 Å². The minimum atomic E-state index is -0.104. The second-order valence-electron chi connectivity index (χ2n) is 8.80. The van der Waals surface area contributed by atoms with Crippen LogP contribution in [0.5, 0.6) is 11.5 Å². The second kappa shape index (κ2) is 11.3.